The van der Waals surface area contributed by atoms with Crippen molar-refractivity contribution >= 4 is 0 Å². The van der Waals surface area contributed by atoms with Crippen molar-refractivity contribution in [2.45, 2.75) is 38.6 Å². The molecule has 6 nitrogen and oxygen atoms in total. The maximum absolute atomic E-state index is 12.4. The Balaban J connectivity index is 1.18. The van der Waals surface area contributed by atoms with Crippen LogP contribution in [0.2, 0.25) is 0 Å². The van der Waals surface area contributed by atoms with Gasteiger partial charge in [0.2, 0.25) is 5.89 Å². The van der Waals surface area contributed by atoms with E-state index >= 15 is 0 Å². The number of hydrogen-bond acceptors (Lipinski definition) is 5. The zero-order valence-electron chi connectivity index (χ0n) is 19.2. The Labute approximate surface area is 201 Å². The first-order valence-electron chi connectivity index (χ1n) is 11.5. The highest BCUT2D eigenvalue weighted by Crippen LogP contribution is 2.32. The fourth-order valence-electron chi connectivity index (χ4n) is 4.45. The molecule has 0 unspecified atom stereocenters. The molecule has 1 saturated heterocycles. The van der Waals surface area contributed by atoms with E-state index in [1.165, 1.54) is 12.1 Å². The van der Waals surface area contributed by atoms with Crippen LogP contribution in [0.4, 0.5) is 13.2 Å². The van der Waals surface area contributed by atoms with Gasteiger partial charge in [0.05, 0.1) is 11.4 Å². The number of oxazole rings is 1. The Morgan fingerprint density at radius 3 is 2.37 bits per heavy atom. The van der Waals surface area contributed by atoms with E-state index in [4.69, 9.17) is 9.40 Å². The Kier molecular flexibility index (Phi) is 6.34. The predicted molar refractivity (Wildman–Crippen MR) is 124 cm³/mol. The van der Waals surface area contributed by atoms with E-state index in [0.29, 0.717) is 18.4 Å². The third-order valence-electron chi connectivity index (χ3n) is 6.32. The van der Waals surface area contributed by atoms with Crippen LogP contribution in [-0.2, 0) is 6.54 Å². The second-order valence-corrected chi connectivity index (χ2v) is 8.69. The number of aromatic nitrogens is 3. The molecule has 0 bridgehead atoms. The number of halogens is 3. The van der Waals surface area contributed by atoms with Crippen LogP contribution in [0.5, 0.6) is 5.75 Å². The molecule has 0 saturated carbocycles. The predicted octanol–water partition coefficient (Wildman–Crippen LogP) is 6.11. The van der Waals surface area contributed by atoms with Crippen LogP contribution in [0.3, 0.4) is 0 Å². The second-order valence-electron chi connectivity index (χ2n) is 8.69. The van der Waals surface area contributed by atoms with E-state index in [0.717, 1.165) is 54.2 Å². The highest BCUT2D eigenvalue weighted by Gasteiger charge is 2.31. The lowest BCUT2D eigenvalue weighted by Crippen LogP contribution is -2.32. The summed E-state index contributed by atoms with van der Waals surface area (Å²) in [6.07, 6.45) is 0.818. The standard InChI is InChI=1S/C26H25F3N4O2/c1-18-24(31-25(34-18)21-3-7-22(8-4-21)33-14-2-13-30-33)17-32-15-11-20(12-16-32)19-5-9-23(10-6-19)35-26(27,28)29/h2-10,13-14,20H,11-12,15-17H2,1H3. The summed E-state index contributed by atoms with van der Waals surface area (Å²) in [5.74, 6) is 1.53. The minimum Gasteiger partial charge on any atom is -0.441 e. The Morgan fingerprint density at radius 1 is 1.03 bits per heavy atom. The zero-order valence-corrected chi connectivity index (χ0v) is 19.2. The lowest BCUT2D eigenvalue weighted by atomic mass is 9.89. The van der Waals surface area contributed by atoms with Crippen LogP contribution in [0, 0.1) is 6.92 Å². The molecule has 1 fully saturated rings. The van der Waals surface area contributed by atoms with Crippen LogP contribution >= 0.6 is 0 Å². The summed E-state index contributed by atoms with van der Waals surface area (Å²) in [6, 6.07) is 16.0. The summed E-state index contributed by atoms with van der Waals surface area (Å²) in [7, 11) is 0. The van der Waals surface area contributed by atoms with Gasteiger partial charge in [0.25, 0.3) is 0 Å². The lowest BCUT2D eigenvalue weighted by molar-refractivity contribution is -0.274. The van der Waals surface area contributed by atoms with E-state index in [2.05, 4.69) is 14.7 Å². The van der Waals surface area contributed by atoms with Crippen LogP contribution in [0.1, 0.15) is 35.8 Å². The molecule has 4 aromatic rings. The van der Waals surface area contributed by atoms with Gasteiger partial charge < -0.3 is 9.15 Å². The molecule has 1 aliphatic rings. The second kappa shape index (κ2) is 9.58. The number of aryl methyl sites for hydroxylation is 1. The number of alkyl halides is 3. The first kappa shape index (κ1) is 23.2. The SMILES string of the molecule is Cc1oc(-c2ccc(-n3cccn3)cc2)nc1CN1CCC(c2ccc(OC(F)(F)F)cc2)CC1. The number of hydrogen-bond donors (Lipinski definition) is 0. The summed E-state index contributed by atoms with van der Waals surface area (Å²) in [5.41, 5.74) is 3.83. The molecule has 0 radical (unpaired) electrons. The number of benzene rings is 2. The number of rotatable bonds is 6. The molecule has 9 heteroatoms. The van der Waals surface area contributed by atoms with E-state index in [9.17, 15) is 13.2 Å². The molecule has 0 N–H and O–H groups in total. The maximum atomic E-state index is 12.4. The number of ether oxygens (including phenoxy) is 1. The summed E-state index contributed by atoms with van der Waals surface area (Å²) in [4.78, 5) is 7.09. The van der Waals surface area contributed by atoms with Crippen molar-refractivity contribution in [3.8, 4) is 22.9 Å². The van der Waals surface area contributed by atoms with Crippen molar-refractivity contribution in [2.75, 3.05) is 13.1 Å². The topological polar surface area (TPSA) is 56.3 Å². The number of piperidine rings is 1. The van der Waals surface area contributed by atoms with Gasteiger partial charge in [0.15, 0.2) is 0 Å². The fraction of sp³-hybridized carbons (Fsp3) is 0.308. The summed E-state index contributed by atoms with van der Waals surface area (Å²) in [6.45, 7) is 4.39. The van der Waals surface area contributed by atoms with Gasteiger partial charge in [-0.05, 0) is 86.8 Å². The minimum absolute atomic E-state index is 0.188. The molecular formula is C26H25F3N4O2. The van der Waals surface area contributed by atoms with Gasteiger partial charge in [-0.25, -0.2) is 9.67 Å². The molecule has 5 rings (SSSR count). The van der Waals surface area contributed by atoms with Crippen LogP contribution < -0.4 is 4.74 Å². The van der Waals surface area contributed by atoms with Gasteiger partial charge >= 0.3 is 6.36 Å². The first-order valence-corrected chi connectivity index (χ1v) is 11.5. The normalized spacial score (nSPS) is 15.4. The van der Waals surface area contributed by atoms with Crippen molar-refractivity contribution in [3.63, 3.8) is 0 Å². The summed E-state index contributed by atoms with van der Waals surface area (Å²) < 4.78 is 48.8. The van der Waals surface area contributed by atoms with Crippen LogP contribution in [-0.4, -0.2) is 39.1 Å². The van der Waals surface area contributed by atoms with E-state index in [1.54, 1.807) is 23.0 Å². The smallest absolute Gasteiger partial charge is 0.441 e. The lowest BCUT2D eigenvalue weighted by Gasteiger charge is -2.31. The van der Waals surface area contributed by atoms with Gasteiger partial charge in [0, 0.05) is 24.5 Å². The van der Waals surface area contributed by atoms with Gasteiger partial charge in [0.1, 0.15) is 11.5 Å². The van der Waals surface area contributed by atoms with Crippen molar-refractivity contribution < 1.29 is 22.3 Å². The minimum atomic E-state index is -4.67. The monoisotopic (exact) mass is 482 g/mol. The summed E-state index contributed by atoms with van der Waals surface area (Å²) in [5, 5.41) is 4.24. The van der Waals surface area contributed by atoms with E-state index in [-0.39, 0.29) is 5.75 Å². The zero-order chi connectivity index (χ0) is 24.4. The number of likely N-dealkylation sites (tertiary alicyclic amines) is 1. The van der Waals surface area contributed by atoms with Gasteiger partial charge in [-0.2, -0.15) is 5.10 Å². The third-order valence-corrected chi connectivity index (χ3v) is 6.32. The Bertz CT molecular complexity index is 1240. The molecule has 0 aliphatic carbocycles. The largest absolute Gasteiger partial charge is 0.573 e. The van der Waals surface area contributed by atoms with Crippen molar-refractivity contribution in [1.82, 2.24) is 19.7 Å². The molecule has 2 aromatic carbocycles. The molecule has 35 heavy (non-hydrogen) atoms. The van der Waals surface area contributed by atoms with Crippen molar-refractivity contribution in [2.24, 2.45) is 0 Å². The Morgan fingerprint density at radius 2 is 1.74 bits per heavy atom. The molecule has 0 spiro atoms. The summed E-state index contributed by atoms with van der Waals surface area (Å²) >= 11 is 0. The molecule has 182 valence electrons. The van der Waals surface area contributed by atoms with E-state index < -0.39 is 6.36 Å². The fourth-order valence-corrected chi connectivity index (χ4v) is 4.45. The molecule has 3 heterocycles. The first-order chi connectivity index (χ1) is 16.8. The molecule has 1 aliphatic heterocycles. The van der Waals surface area contributed by atoms with Gasteiger partial charge in [-0.15, -0.1) is 13.2 Å². The average molecular weight is 483 g/mol. The highest BCUT2D eigenvalue weighted by atomic mass is 19.4. The van der Waals surface area contributed by atoms with Crippen LogP contribution in [0.25, 0.3) is 17.1 Å². The molecule has 0 amide bonds. The third kappa shape index (κ3) is 5.57. The number of nitrogens with zero attached hydrogens (tertiary/aromatic N) is 4. The van der Waals surface area contributed by atoms with Gasteiger partial charge in [-0.3, -0.25) is 4.90 Å². The van der Waals surface area contributed by atoms with Crippen LogP contribution in [0.15, 0.2) is 71.4 Å². The highest BCUT2D eigenvalue weighted by molar-refractivity contribution is 5.56. The quantitative estimate of drug-likeness (QED) is 0.332. The average Bonchev–Trinajstić information content (AvgIpc) is 3.50. The van der Waals surface area contributed by atoms with Crippen molar-refractivity contribution in [1.29, 1.82) is 0 Å². The Hall–Kier alpha value is -3.59. The maximum Gasteiger partial charge on any atom is 0.573 e. The van der Waals surface area contributed by atoms with Gasteiger partial charge in [-0.1, -0.05) is 12.1 Å². The van der Waals surface area contributed by atoms with E-state index in [1.807, 2.05) is 43.5 Å². The molecular weight excluding hydrogens is 457 g/mol. The molecule has 0 atom stereocenters. The molecule has 2 aromatic heterocycles. The van der Waals surface area contributed by atoms with Crippen molar-refractivity contribution in [3.05, 3.63) is 84.0 Å².